The molecule has 2 fully saturated rings. The van der Waals surface area contributed by atoms with Crippen LogP contribution in [0.1, 0.15) is 19.8 Å². The molecular weight excluding hydrogens is 386 g/mol. The van der Waals surface area contributed by atoms with Crippen LogP contribution in [-0.2, 0) is 29.1 Å². The molecule has 0 aromatic heterocycles. The Kier molecular flexibility index (Phi) is 5.99. The number of piperazine rings is 1. The molecule has 0 radical (unpaired) electrons. The molecule has 0 unspecified atom stereocenters. The first kappa shape index (κ1) is 20.3. The zero-order chi connectivity index (χ0) is 20.3. The Morgan fingerprint density at radius 3 is 2.36 bits per heavy atom. The van der Waals surface area contributed by atoms with E-state index in [-0.39, 0.29) is 49.3 Å². The van der Waals surface area contributed by atoms with E-state index in [1.807, 2.05) is 0 Å². The summed E-state index contributed by atoms with van der Waals surface area (Å²) in [4.78, 5) is 37.5. The molecule has 1 N–H and O–H groups in total. The van der Waals surface area contributed by atoms with Crippen molar-refractivity contribution in [3.05, 3.63) is 30.3 Å². The van der Waals surface area contributed by atoms with Crippen molar-refractivity contribution in [2.75, 3.05) is 26.2 Å². The summed E-state index contributed by atoms with van der Waals surface area (Å²) in [5.41, 5.74) is 0. The second-order valence-corrected chi connectivity index (χ2v) is 8.72. The molecule has 2 aliphatic heterocycles. The van der Waals surface area contributed by atoms with Gasteiger partial charge in [0.15, 0.2) is 6.10 Å². The number of rotatable bonds is 5. The maximum atomic E-state index is 12.6. The van der Waals surface area contributed by atoms with Crippen molar-refractivity contribution in [2.45, 2.75) is 36.8 Å². The summed E-state index contributed by atoms with van der Waals surface area (Å²) in [5, 5.41) is 2.50. The summed E-state index contributed by atoms with van der Waals surface area (Å²) < 4.78 is 31.8. The highest BCUT2D eigenvalue weighted by molar-refractivity contribution is 7.89. The molecule has 2 heterocycles. The highest BCUT2D eigenvalue weighted by Gasteiger charge is 2.34. The molecule has 2 aliphatic rings. The number of benzene rings is 1. The molecule has 0 saturated carbocycles. The van der Waals surface area contributed by atoms with Gasteiger partial charge in [0.2, 0.25) is 15.9 Å². The second kappa shape index (κ2) is 8.27. The van der Waals surface area contributed by atoms with Crippen LogP contribution >= 0.6 is 0 Å². The van der Waals surface area contributed by atoms with Crippen LogP contribution in [0.25, 0.3) is 0 Å². The number of esters is 1. The van der Waals surface area contributed by atoms with Crippen LogP contribution in [-0.4, -0.2) is 73.7 Å². The van der Waals surface area contributed by atoms with Gasteiger partial charge in [-0.15, -0.1) is 0 Å². The van der Waals surface area contributed by atoms with Crippen LogP contribution in [0.4, 0.5) is 0 Å². The smallest absolute Gasteiger partial charge is 0.329 e. The molecule has 0 spiro atoms. The van der Waals surface area contributed by atoms with Gasteiger partial charge in [0, 0.05) is 32.6 Å². The van der Waals surface area contributed by atoms with E-state index in [1.54, 1.807) is 18.2 Å². The van der Waals surface area contributed by atoms with Crippen molar-refractivity contribution in [1.82, 2.24) is 14.5 Å². The third kappa shape index (κ3) is 4.33. The SMILES string of the molecule is C[C@@H](OC(=O)[C@H]1CCC(=O)N1)C(=O)N1CCN(S(=O)(=O)c2ccccc2)CC1. The van der Waals surface area contributed by atoms with Crippen LogP contribution in [0.3, 0.4) is 0 Å². The van der Waals surface area contributed by atoms with E-state index in [0.29, 0.717) is 6.42 Å². The maximum absolute atomic E-state index is 12.6. The molecule has 9 nitrogen and oxygen atoms in total. The van der Waals surface area contributed by atoms with Gasteiger partial charge in [-0.05, 0) is 25.5 Å². The Labute approximate surface area is 163 Å². The van der Waals surface area contributed by atoms with Gasteiger partial charge in [-0.25, -0.2) is 13.2 Å². The van der Waals surface area contributed by atoms with Crippen LogP contribution in [0.15, 0.2) is 35.2 Å². The summed E-state index contributed by atoms with van der Waals surface area (Å²) >= 11 is 0. The summed E-state index contributed by atoms with van der Waals surface area (Å²) in [5.74, 6) is -1.22. The first-order valence-corrected chi connectivity index (χ1v) is 10.6. The van der Waals surface area contributed by atoms with Crippen molar-refractivity contribution >= 4 is 27.8 Å². The van der Waals surface area contributed by atoms with Gasteiger partial charge in [-0.1, -0.05) is 18.2 Å². The molecule has 28 heavy (non-hydrogen) atoms. The topological polar surface area (TPSA) is 113 Å². The van der Waals surface area contributed by atoms with Crippen LogP contribution in [0.5, 0.6) is 0 Å². The van der Waals surface area contributed by atoms with E-state index < -0.39 is 28.1 Å². The van der Waals surface area contributed by atoms with Gasteiger partial charge in [0.25, 0.3) is 5.91 Å². The van der Waals surface area contributed by atoms with Crippen molar-refractivity contribution in [3.8, 4) is 0 Å². The van der Waals surface area contributed by atoms with Crippen molar-refractivity contribution in [3.63, 3.8) is 0 Å². The molecule has 2 atom stereocenters. The summed E-state index contributed by atoms with van der Waals surface area (Å²) in [6, 6.07) is 7.43. The molecule has 0 bridgehead atoms. The molecule has 1 aromatic rings. The lowest BCUT2D eigenvalue weighted by Crippen LogP contribution is -2.53. The molecule has 3 rings (SSSR count). The third-order valence-corrected chi connectivity index (χ3v) is 6.76. The van der Waals surface area contributed by atoms with Crippen molar-refractivity contribution in [1.29, 1.82) is 0 Å². The minimum atomic E-state index is -3.60. The minimum absolute atomic E-state index is 0.169. The van der Waals surface area contributed by atoms with Crippen molar-refractivity contribution < 1.29 is 27.5 Å². The number of carbonyl (C=O) groups excluding carboxylic acids is 3. The fourth-order valence-electron chi connectivity index (χ4n) is 3.25. The third-order valence-electron chi connectivity index (χ3n) is 4.85. The lowest BCUT2D eigenvalue weighted by molar-refractivity contribution is -0.161. The summed E-state index contributed by atoms with van der Waals surface area (Å²) in [7, 11) is -3.60. The van der Waals surface area contributed by atoms with Crippen LogP contribution in [0.2, 0.25) is 0 Å². The number of ether oxygens (including phenoxy) is 1. The van der Waals surface area contributed by atoms with Gasteiger partial charge in [0.1, 0.15) is 6.04 Å². The molecular formula is C18H23N3O6S. The summed E-state index contributed by atoms with van der Waals surface area (Å²) in [6.45, 7) is 2.24. The number of amides is 2. The number of hydrogen-bond donors (Lipinski definition) is 1. The Hall–Kier alpha value is -2.46. The standard InChI is InChI=1S/C18H23N3O6S/c1-13(27-18(24)15-7-8-16(22)19-15)17(23)20-9-11-21(12-10-20)28(25,26)14-5-3-2-4-6-14/h2-6,13,15H,7-12H2,1H3,(H,19,22)/t13-,15-/m1/s1. The Bertz CT molecular complexity index is 849. The molecule has 152 valence electrons. The van der Waals surface area contributed by atoms with Gasteiger partial charge < -0.3 is 15.0 Å². The Morgan fingerprint density at radius 1 is 1.14 bits per heavy atom. The number of sulfonamides is 1. The predicted molar refractivity (Wildman–Crippen MR) is 98.5 cm³/mol. The van der Waals surface area contributed by atoms with Gasteiger partial charge in [-0.2, -0.15) is 4.31 Å². The zero-order valence-corrected chi connectivity index (χ0v) is 16.4. The van der Waals surface area contributed by atoms with Crippen molar-refractivity contribution in [2.24, 2.45) is 0 Å². The normalized spacial score (nSPS) is 21.8. The monoisotopic (exact) mass is 409 g/mol. The fourth-order valence-corrected chi connectivity index (χ4v) is 4.69. The summed E-state index contributed by atoms with van der Waals surface area (Å²) in [6.07, 6.45) is -0.378. The average molecular weight is 409 g/mol. The predicted octanol–water partition coefficient (Wildman–Crippen LogP) is -0.270. The Morgan fingerprint density at radius 2 is 1.79 bits per heavy atom. The maximum Gasteiger partial charge on any atom is 0.329 e. The number of nitrogens with one attached hydrogen (secondary N) is 1. The van der Waals surface area contributed by atoms with Gasteiger partial charge in [-0.3, -0.25) is 9.59 Å². The van der Waals surface area contributed by atoms with Gasteiger partial charge >= 0.3 is 5.97 Å². The molecule has 10 heteroatoms. The molecule has 2 saturated heterocycles. The zero-order valence-electron chi connectivity index (χ0n) is 15.5. The van der Waals surface area contributed by atoms with Crippen LogP contribution < -0.4 is 5.32 Å². The lowest BCUT2D eigenvalue weighted by atomic mass is 10.2. The van der Waals surface area contributed by atoms with E-state index >= 15 is 0 Å². The van der Waals surface area contributed by atoms with Crippen LogP contribution in [0, 0.1) is 0 Å². The van der Waals surface area contributed by atoms with E-state index in [4.69, 9.17) is 4.74 Å². The minimum Gasteiger partial charge on any atom is -0.451 e. The highest BCUT2D eigenvalue weighted by atomic mass is 32.2. The fraction of sp³-hybridized carbons (Fsp3) is 0.500. The highest BCUT2D eigenvalue weighted by Crippen LogP contribution is 2.18. The average Bonchev–Trinajstić information content (AvgIpc) is 3.14. The van der Waals surface area contributed by atoms with E-state index in [0.717, 1.165) is 0 Å². The Balaban J connectivity index is 1.53. The number of carbonyl (C=O) groups is 3. The van der Waals surface area contributed by atoms with E-state index in [2.05, 4.69) is 5.32 Å². The molecule has 1 aromatic carbocycles. The quantitative estimate of drug-likeness (QED) is 0.670. The van der Waals surface area contributed by atoms with Gasteiger partial charge in [0.05, 0.1) is 4.90 Å². The largest absolute Gasteiger partial charge is 0.451 e. The first-order valence-electron chi connectivity index (χ1n) is 9.13. The molecule has 0 aliphatic carbocycles. The number of hydrogen-bond acceptors (Lipinski definition) is 6. The van der Waals surface area contributed by atoms with E-state index in [1.165, 1.54) is 28.3 Å². The molecule has 2 amide bonds. The second-order valence-electron chi connectivity index (χ2n) is 6.78. The lowest BCUT2D eigenvalue weighted by Gasteiger charge is -2.35. The number of nitrogens with zero attached hydrogens (tertiary/aromatic N) is 2. The first-order chi connectivity index (χ1) is 13.3. The van der Waals surface area contributed by atoms with E-state index in [9.17, 15) is 22.8 Å².